The van der Waals surface area contributed by atoms with Gasteiger partial charge in [-0.25, -0.2) is 0 Å². The van der Waals surface area contributed by atoms with Gasteiger partial charge in [0.2, 0.25) is 0 Å². The summed E-state index contributed by atoms with van der Waals surface area (Å²) in [5.74, 6) is -0.746. The zero-order chi connectivity index (χ0) is 11.8. The largest absolute Gasteiger partial charge is 0.480 e. The Bertz CT molecular complexity index is 253. The second-order valence-corrected chi connectivity index (χ2v) is 5.23. The molecule has 4 nitrogen and oxygen atoms in total. The molecule has 88 valence electrons. The molecular formula is C11H22N2O2. The summed E-state index contributed by atoms with van der Waals surface area (Å²) in [5.41, 5.74) is 0.178. The maximum Gasteiger partial charge on any atom is 0.320 e. The Morgan fingerprint density at radius 1 is 1.60 bits per heavy atom. The van der Waals surface area contributed by atoms with Gasteiger partial charge in [0.15, 0.2) is 0 Å². The summed E-state index contributed by atoms with van der Waals surface area (Å²) < 4.78 is 0. The van der Waals surface area contributed by atoms with E-state index in [2.05, 4.69) is 25.8 Å². The van der Waals surface area contributed by atoms with Crippen LogP contribution in [-0.2, 0) is 4.79 Å². The zero-order valence-corrected chi connectivity index (χ0v) is 10.3. The van der Waals surface area contributed by atoms with Crippen LogP contribution in [0.5, 0.6) is 0 Å². The molecule has 0 aromatic heterocycles. The first-order chi connectivity index (χ1) is 6.75. The molecule has 0 saturated carbocycles. The molecule has 1 aliphatic heterocycles. The van der Waals surface area contributed by atoms with E-state index in [1.807, 2.05) is 11.9 Å². The first kappa shape index (κ1) is 12.5. The van der Waals surface area contributed by atoms with E-state index in [1.165, 1.54) is 0 Å². The molecule has 0 spiro atoms. The third-order valence-electron chi connectivity index (χ3n) is 3.80. The Labute approximate surface area is 91.9 Å². The highest BCUT2D eigenvalue weighted by Crippen LogP contribution is 2.29. The minimum Gasteiger partial charge on any atom is -0.480 e. The van der Waals surface area contributed by atoms with Crippen molar-refractivity contribution in [2.45, 2.75) is 44.8 Å². The van der Waals surface area contributed by atoms with Crippen molar-refractivity contribution in [3.05, 3.63) is 0 Å². The molecule has 0 radical (unpaired) electrons. The van der Waals surface area contributed by atoms with Gasteiger partial charge in [-0.15, -0.1) is 0 Å². The third kappa shape index (κ3) is 2.49. The normalized spacial score (nSPS) is 28.3. The van der Waals surface area contributed by atoms with E-state index in [0.717, 1.165) is 13.0 Å². The number of carboxylic acids is 1. The van der Waals surface area contributed by atoms with Crippen molar-refractivity contribution in [1.29, 1.82) is 0 Å². The molecule has 2 unspecified atom stereocenters. The van der Waals surface area contributed by atoms with Crippen molar-refractivity contribution in [3.8, 4) is 0 Å². The molecule has 0 aliphatic carbocycles. The van der Waals surface area contributed by atoms with Gasteiger partial charge in [0.25, 0.3) is 0 Å². The van der Waals surface area contributed by atoms with Gasteiger partial charge in [-0.1, -0.05) is 0 Å². The molecule has 4 heteroatoms. The molecule has 1 N–H and O–H groups in total. The van der Waals surface area contributed by atoms with E-state index < -0.39 is 12.0 Å². The quantitative estimate of drug-likeness (QED) is 0.757. The van der Waals surface area contributed by atoms with Crippen LogP contribution in [-0.4, -0.2) is 59.1 Å². The number of hydrogen-bond donors (Lipinski definition) is 1. The predicted molar refractivity (Wildman–Crippen MR) is 60.0 cm³/mol. The summed E-state index contributed by atoms with van der Waals surface area (Å²) in [7, 11) is 4.00. The summed E-state index contributed by atoms with van der Waals surface area (Å²) in [6, 6.07) is -0.0617. The Balaban J connectivity index is 2.64. The topological polar surface area (TPSA) is 43.8 Å². The fourth-order valence-electron chi connectivity index (χ4n) is 2.12. The van der Waals surface area contributed by atoms with Crippen molar-refractivity contribution in [2.75, 3.05) is 20.6 Å². The van der Waals surface area contributed by atoms with E-state index in [9.17, 15) is 4.79 Å². The van der Waals surface area contributed by atoms with Crippen molar-refractivity contribution in [3.63, 3.8) is 0 Å². The lowest BCUT2D eigenvalue weighted by Crippen LogP contribution is -2.44. The molecule has 1 saturated heterocycles. The van der Waals surface area contributed by atoms with Gasteiger partial charge in [-0.2, -0.15) is 0 Å². The number of aliphatic carboxylic acids is 1. The summed E-state index contributed by atoms with van der Waals surface area (Å²) in [6.07, 6.45) is 1.03. The standard InChI is InChI=1S/C11H22N2O2/c1-8(10(14)15)13(5)9-6-11(2,3)12(4)7-9/h8-9H,6-7H2,1-5H3,(H,14,15). The Morgan fingerprint density at radius 3 is 2.47 bits per heavy atom. The summed E-state index contributed by atoms with van der Waals surface area (Å²) in [4.78, 5) is 15.1. The van der Waals surface area contributed by atoms with Gasteiger partial charge in [0.1, 0.15) is 6.04 Å². The lowest BCUT2D eigenvalue weighted by atomic mass is 9.99. The lowest BCUT2D eigenvalue weighted by molar-refractivity contribution is -0.142. The van der Waals surface area contributed by atoms with Gasteiger partial charge in [-0.05, 0) is 41.3 Å². The third-order valence-corrected chi connectivity index (χ3v) is 3.80. The van der Waals surface area contributed by atoms with Gasteiger partial charge in [-0.3, -0.25) is 14.6 Å². The minimum absolute atomic E-state index is 0.178. The SMILES string of the molecule is CC(C(=O)O)N(C)C1CN(C)C(C)(C)C1. The monoisotopic (exact) mass is 214 g/mol. The Morgan fingerprint density at radius 2 is 2.13 bits per heavy atom. The van der Waals surface area contributed by atoms with Crippen LogP contribution in [0.2, 0.25) is 0 Å². The van der Waals surface area contributed by atoms with E-state index in [4.69, 9.17) is 5.11 Å². The molecule has 1 aliphatic rings. The zero-order valence-electron chi connectivity index (χ0n) is 10.3. The molecule has 2 atom stereocenters. The maximum absolute atomic E-state index is 10.9. The van der Waals surface area contributed by atoms with Crippen molar-refractivity contribution >= 4 is 5.97 Å². The van der Waals surface area contributed by atoms with Crippen LogP contribution in [0.25, 0.3) is 0 Å². The van der Waals surface area contributed by atoms with Crippen LogP contribution in [0.15, 0.2) is 0 Å². The van der Waals surface area contributed by atoms with Gasteiger partial charge < -0.3 is 5.11 Å². The number of carbonyl (C=O) groups is 1. The molecule has 1 rings (SSSR count). The highest BCUT2D eigenvalue weighted by atomic mass is 16.4. The number of nitrogens with zero attached hydrogens (tertiary/aromatic N) is 2. The van der Waals surface area contributed by atoms with Crippen LogP contribution in [0.3, 0.4) is 0 Å². The number of rotatable bonds is 3. The molecule has 0 aromatic carbocycles. The molecule has 1 heterocycles. The van der Waals surface area contributed by atoms with Crippen LogP contribution < -0.4 is 0 Å². The highest BCUT2D eigenvalue weighted by molar-refractivity contribution is 5.72. The molecular weight excluding hydrogens is 192 g/mol. The van der Waals surface area contributed by atoms with Gasteiger partial charge in [0.05, 0.1) is 0 Å². The average molecular weight is 214 g/mol. The molecule has 0 amide bonds. The average Bonchev–Trinajstić information content (AvgIpc) is 2.39. The number of carboxylic acid groups (broad SMARTS) is 1. The smallest absolute Gasteiger partial charge is 0.320 e. The lowest BCUT2D eigenvalue weighted by Gasteiger charge is -2.28. The van der Waals surface area contributed by atoms with E-state index in [0.29, 0.717) is 6.04 Å². The van der Waals surface area contributed by atoms with E-state index in [-0.39, 0.29) is 5.54 Å². The second-order valence-electron chi connectivity index (χ2n) is 5.23. The molecule has 1 fully saturated rings. The van der Waals surface area contributed by atoms with Gasteiger partial charge >= 0.3 is 5.97 Å². The maximum atomic E-state index is 10.9. The summed E-state index contributed by atoms with van der Waals surface area (Å²) >= 11 is 0. The van der Waals surface area contributed by atoms with Crippen molar-refractivity contribution < 1.29 is 9.90 Å². The van der Waals surface area contributed by atoms with Crippen LogP contribution >= 0.6 is 0 Å². The van der Waals surface area contributed by atoms with Crippen LogP contribution in [0, 0.1) is 0 Å². The van der Waals surface area contributed by atoms with Gasteiger partial charge in [0, 0.05) is 18.1 Å². The Hall–Kier alpha value is -0.610. The molecule has 0 aromatic rings. The number of hydrogen-bond acceptors (Lipinski definition) is 3. The van der Waals surface area contributed by atoms with Crippen molar-refractivity contribution in [2.24, 2.45) is 0 Å². The van der Waals surface area contributed by atoms with E-state index >= 15 is 0 Å². The second kappa shape index (κ2) is 4.10. The summed E-state index contributed by atoms with van der Waals surface area (Å²) in [6.45, 7) is 7.09. The fraction of sp³-hybridized carbons (Fsp3) is 0.909. The molecule has 15 heavy (non-hydrogen) atoms. The first-order valence-corrected chi connectivity index (χ1v) is 5.41. The highest BCUT2D eigenvalue weighted by Gasteiger charge is 2.39. The van der Waals surface area contributed by atoms with Crippen LogP contribution in [0.4, 0.5) is 0 Å². The van der Waals surface area contributed by atoms with E-state index in [1.54, 1.807) is 6.92 Å². The first-order valence-electron chi connectivity index (χ1n) is 5.41. The van der Waals surface area contributed by atoms with Crippen LogP contribution in [0.1, 0.15) is 27.2 Å². The number of likely N-dealkylation sites (N-methyl/N-ethyl adjacent to an activating group) is 2. The Kier molecular flexibility index (Phi) is 3.41. The minimum atomic E-state index is -0.746. The fourth-order valence-corrected chi connectivity index (χ4v) is 2.12. The number of likely N-dealkylation sites (tertiary alicyclic amines) is 1. The molecule has 0 bridgehead atoms. The van der Waals surface area contributed by atoms with Crippen molar-refractivity contribution in [1.82, 2.24) is 9.80 Å². The predicted octanol–water partition coefficient (Wildman–Crippen LogP) is 0.874. The summed E-state index contributed by atoms with van der Waals surface area (Å²) in [5, 5.41) is 8.95.